The molecule has 0 aromatic heterocycles. The van der Waals surface area contributed by atoms with Crippen LogP contribution < -0.4 is 15.0 Å². The number of carbonyl (C=O) groups excluding carboxylic acids is 4. The molecule has 3 fully saturated rings. The molecule has 8 heteroatoms. The number of imide groups is 1. The van der Waals surface area contributed by atoms with Crippen LogP contribution in [0.3, 0.4) is 0 Å². The van der Waals surface area contributed by atoms with Crippen LogP contribution in [-0.4, -0.2) is 41.2 Å². The summed E-state index contributed by atoms with van der Waals surface area (Å²) < 4.78 is 5.08. The molecule has 2 aromatic rings. The van der Waals surface area contributed by atoms with E-state index in [-0.39, 0.29) is 23.8 Å². The highest BCUT2D eigenvalue weighted by molar-refractivity contribution is 6.26. The van der Waals surface area contributed by atoms with Gasteiger partial charge in [-0.1, -0.05) is 17.7 Å². The molecule has 6 rings (SSSR count). The lowest BCUT2D eigenvalue weighted by Crippen LogP contribution is -2.54. The molecular formula is C26H25N3O5. The number of fused-ring (bicyclic) bond motifs is 7. The Morgan fingerprint density at radius 3 is 2.53 bits per heavy atom. The second-order valence-corrected chi connectivity index (χ2v) is 9.73. The van der Waals surface area contributed by atoms with E-state index >= 15 is 0 Å². The Morgan fingerprint density at radius 2 is 1.82 bits per heavy atom. The van der Waals surface area contributed by atoms with E-state index in [0.29, 0.717) is 18.0 Å². The molecule has 2 aromatic carbocycles. The fraction of sp³-hybridized carbons (Fsp3) is 0.385. The van der Waals surface area contributed by atoms with Crippen molar-refractivity contribution < 1.29 is 23.9 Å². The van der Waals surface area contributed by atoms with Crippen LogP contribution >= 0.6 is 0 Å². The first-order valence-corrected chi connectivity index (χ1v) is 11.6. The quantitative estimate of drug-likeness (QED) is 0.422. The molecule has 0 unspecified atom stereocenters. The lowest BCUT2D eigenvalue weighted by atomic mass is 9.75. The van der Waals surface area contributed by atoms with Gasteiger partial charge in [0, 0.05) is 24.2 Å². The van der Waals surface area contributed by atoms with Gasteiger partial charge >= 0.3 is 5.97 Å². The molecule has 0 radical (unpaired) electrons. The zero-order chi connectivity index (χ0) is 23.9. The summed E-state index contributed by atoms with van der Waals surface area (Å²) in [7, 11) is 0. The summed E-state index contributed by atoms with van der Waals surface area (Å²) >= 11 is 0. The summed E-state index contributed by atoms with van der Waals surface area (Å²) in [5.41, 5.74) is 2.76. The molecule has 4 aliphatic rings. The molecule has 4 heterocycles. The van der Waals surface area contributed by atoms with Crippen molar-refractivity contribution in [1.29, 1.82) is 0 Å². The molecule has 1 N–H and O–H groups in total. The first-order valence-electron chi connectivity index (χ1n) is 11.6. The Kier molecular flexibility index (Phi) is 4.33. The Bertz CT molecular complexity index is 1290. The number of hydrogen-bond acceptors (Lipinski definition) is 6. The van der Waals surface area contributed by atoms with Gasteiger partial charge in [0.25, 0.3) is 0 Å². The van der Waals surface area contributed by atoms with Gasteiger partial charge in [0.2, 0.25) is 17.7 Å². The SMILES string of the molecule is CC(=O)Oc1ccc(N2C(=O)[C@H]3[C@@H](C2=O)[C@]2(C(=O)Nc4c(C)cc(C)cc42)N2CCC[C@@H]32)cc1. The lowest BCUT2D eigenvalue weighted by Gasteiger charge is -2.36. The van der Waals surface area contributed by atoms with Crippen molar-refractivity contribution in [2.75, 3.05) is 16.8 Å². The molecule has 4 aliphatic heterocycles. The van der Waals surface area contributed by atoms with Gasteiger partial charge < -0.3 is 10.1 Å². The van der Waals surface area contributed by atoms with Crippen molar-refractivity contribution in [3.8, 4) is 5.75 Å². The maximum absolute atomic E-state index is 14.0. The third kappa shape index (κ3) is 2.51. The van der Waals surface area contributed by atoms with Crippen LogP contribution in [0.1, 0.15) is 36.5 Å². The van der Waals surface area contributed by atoms with Crippen LogP contribution in [0.2, 0.25) is 0 Å². The van der Waals surface area contributed by atoms with Crippen molar-refractivity contribution in [3.63, 3.8) is 0 Å². The van der Waals surface area contributed by atoms with Crippen LogP contribution in [-0.2, 0) is 24.7 Å². The van der Waals surface area contributed by atoms with Crippen LogP contribution in [0.5, 0.6) is 5.75 Å². The number of carbonyl (C=O) groups is 4. The monoisotopic (exact) mass is 459 g/mol. The smallest absolute Gasteiger partial charge is 0.308 e. The van der Waals surface area contributed by atoms with E-state index < -0.39 is 23.3 Å². The van der Waals surface area contributed by atoms with E-state index in [1.807, 2.05) is 26.0 Å². The second kappa shape index (κ2) is 6.99. The Morgan fingerprint density at radius 1 is 1.09 bits per heavy atom. The van der Waals surface area contributed by atoms with Gasteiger partial charge in [-0.2, -0.15) is 0 Å². The van der Waals surface area contributed by atoms with E-state index in [1.165, 1.54) is 11.8 Å². The van der Waals surface area contributed by atoms with Crippen molar-refractivity contribution >= 4 is 35.1 Å². The molecule has 34 heavy (non-hydrogen) atoms. The number of anilines is 2. The summed E-state index contributed by atoms with van der Waals surface area (Å²) in [6, 6.07) is 10.2. The number of ether oxygens (including phenoxy) is 1. The minimum atomic E-state index is -1.18. The number of hydrogen-bond donors (Lipinski definition) is 1. The minimum absolute atomic E-state index is 0.163. The molecule has 0 bridgehead atoms. The molecule has 8 nitrogen and oxygen atoms in total. The van der Waals surface area contributed by atoms with Crippen molar-refractivity contribution in [2.45, 2.75) is 45.2 Å². The highest BCUT2D eigenvalue weighted by Crippen LogP contribution is 2.61. The third-order valence-corrected chi connectivity index (χ3v) is 7.80. The molecule has 174 valence electrons. The van der Waals surface area contributed by atoms with Gasteiger partial charge in [-0.3, -0.25) is 24.1 Å². The number of amides is 3. The number of nitrogens with zero attached hydrogens (tertiary/aromatic N) is 2. The molecule has 1 spiro atoms. The zero-order valence-electron chi connectivity index (χ0n) is 19.3. The molecule has 3 saturated heterocycles. The van der Waals surface area contributed by atoms with Crippen LogP contribution in [0.4, 0.5) is 11.4 Å². The summed E-state index contributed by atoms with van der Waals surface area (Å²) in [5, 5.41) is 3.06. The molecule has 3 amide bonds. The van der Waals surface area contributed by atoms with E-state index in [1.54, 1.807) is 24.3 Å². The standard InChI is InChI=1S/C26H25N3O5/c1-13-11-14(2)22-18(12-13)26(25(33)27-22)21-20(19-5-4-10-28(19)26)23(31)29(24(21)32)16-6-8-17(9-7-16)34-15(3)30/h6-9,11-12,19-21H,4-5,10H2,1-3H3,(H,27,33)/t19-,20+,21-,26+/m0/s1. The predicted octanol–water partition coefficient (Wildman–Crippen LogP) is 2.66. The predicted molar refractivity (Wildman–Crippen MR) is 123 cm³/mol. The lowest BCUT2D eigenvalue weighted by molar-refractivity contribution is -0.135. The van der Waals surface area contributed by atoms with Gasteiger partial charge in [0.15, 0.2) is 0 Å². The fourth-order valence-corrected chi connectivity index (χ4v) is 6.74. The van der Waals surface area contributed by atoms with Crippen LogP contribution in [0, 0.1) is 25.7 Å². The van der Waals surface area contributed by atoms with E-state index in [4.69, 9.17) is 4.74 Å². The summed E-state index contributed by atoms with van der Waals surface area (Å²) in [6.07, 6.45) is 1.65. The van der Waals surface area contributed by atoms with Crippen LogP contribution in [0.25, 0.3) is 0 Å². The van der Waals surface area contributed by atoms with E-state index in [2.05, 4.69) is 10.2 Å². The normalized spacial score (nSPS) is 29.4. The largest absolute Gasteiger partial charge is 0.427 e. The number of aryl methyl sites for hydroxylation is 2. The third-order valence-electron chi connectivity index (χ3n) is 7.80. The van der Waals surface area contributed by atoms with Crippen LogP contribution in [0.15, 0.2) is 36.4 Å². The first kappa shape index (κ1) is 21.0. The Labute approximate surface area is 196 Å². The van der Waals surface area contributed by atoms with E-state index in [9.17, 15) is 19.2 Å². The summed E-state index contributed by atoms with van der Waals surface area (Å²) in [4.78, 5) is 56.1. The number of esters is 1. The number of benzene rings is 2. The van der Waals surface area contributed by atoms with Crippen molar-refractivity contribution in [2.24, 2.45) is 11.8 Å². The van der Waals surface area contributed by atoms with Crippen molar-refractivity contribution in [3.05, 3.63) is 53.1 Å². The van der Waals surface area contributed by atoms with E-state index in [0.717, 1.165) is 35.2 Å². The maximum atomic E-state index is 14.0. The Hall–Kier alpha value is -3.52. The Balaban J connectivity index is 1.48. The molecule has 0 saturated carbocycles. The second-order valence-electron chi connectivity index (χ2n) is 9.73. The zero-order valence-corrected chi connectivity index (χ0v) is 19.3. The fourth-order valence-electron chi connectivity index (χ4n) is 6.74. The topological polar surface area (TPSA) is 96.0 Å². The van der Waals surface area contributed by atoms with Gasteiger partial charge in [-0.25, -0.2) is 4.90 Å². The molecule has 4 atom stereocenters. The average molecular weight is 460 g/mol. The van der Waals surface area contributed by atoms with Crippen molar-refractivity contribution in [1.82, 2.24) is 4.90 Å². The highest BCUT2D eigenvalue weighted by atomic mass is 16.5. The maximum Gasteiger partial charge on any atom is 0.308 e. The summed E-state index contributed by atoms with van der Waals surface area (Å²) in [6.45, 7) is 5.92. The molecular weight excluding hydrogens is 434 g/mol. The van der Waals surface area contributed by atoms with Gasteiger partial charge in [0.1, 0.15) is 11.3 Å². The number of nitrogens with one attached hydrogen (secondary N) is 1. The molecule has 0 aliphatic carbocycles. The first-order chi connectivity index (χ1) is 16.2. The minimum Gasteiger partial charge on any atom is -0.427 e. The summed E-state index contributed by atoms with van der Waals surface area (Å²) in [5.74, 6) is -2.33. The highest BCUT2D eigenvalue weighted by Gasteiger charge is 2.74. The number of rotatable bonds is 2. The van der Waals surface area contributed by atoms with Gasteiger partial charge in [0.05, 0.1) is 17.5 Å². The van der Waals surface area contributed by atoms with Gasteiger partial charge in [-0.15, -0.1) is 0 Å². The van der Waals surface area contributed by atoms with Gasteiger partial charge in [-0.05, 0) is 63.1 Å². The average Bonchev–Trinajstić information content (AvgIpc) is 3.48.